The molecule has 1 aromatic rings. The third-order valence-corrected chi connectivity index (χ3v) is 2.87. The minimum absolute atomic E-state index is 0. The van der Waals surface area contributed by atoms with Crippen LogP contribution in [0.5, 0.6) is 0 Å². The number of amides is 1. The molecule has 2 atom stereocenters. The lowest BCUT2D eigenvalue weighted by atomic mass is 9.96. The van der Waals surface area contributed by atoms with Crippen LogP contribution in [0.25, 0.3) is 0 Å². The van der Waals surface area contributed by atoms with Crippen LogP contribution in [0.15, 0.2) is 30.6 Å². The Bertz CT molecular complexity index is 458. The standard InChI is InChI=1S/C11H13N3O3.2BrH/c12-11(7-14-4-2-1-3-5-14)6-8(9(15)16)13-10(11)17;;/h1-5,8H,6-7,12H2,(H-,13,15,16,17);2*1H/t8-,11-;;/m1../s1. The Kier molecular flexibility index (Phi) is 6.61. The third-order valence-electron chi connectivity index (χ3n) is 2.87. The molecule has 0 aromatic carbocycles. The van der Waals surface area contributed by atoms with Crippen LogP contribution in [-0.4, -0.2) is 28.6 Å². The Morgan fingerprint density at radius 1 is 1.47 bits per heavy atom. The second-order valence-electron chi connectivity index (χ2n) is 4.27. The van der Waals surface area contributed by atoms with E-state index >= 15 is 0 Å². The van der Waals surface area contributed by atoms with Crippen molar-refractivity contribution in [3.8, 4) is 0 Å². The molecule has 4 N–H and O–H groups in total. The van der Waals surface area contributed by atoms with E-state index in [-0.39, 0.29) is 46.9 Å². The summed E-state index contributed by atoms with van der Waals surface area (Å²) in [6, 6.07) is 4.61. The van der Waals surface area contributed by atoms with Crippen LogP contribution >= 0.6 is 17.0 Å². The van der Waals surface area contributed by atoms with Gasteiger partial charge in [0.25, 0.3) is 0 Å². The highest BCUT2D eigenvalue weighted by molar-refractivity contribution is 8.93. The lowest BCUT2D eigenvalue weighted by Crippen LogP contribution is -3.00. The summed E-state index contributed by atoms with van der Waals surface area (Å²) in [6.07, 6.45) is 3.68. The van der Waals surface area contributed by atoms with Crippen molar-refractivity contribution < 1.29 is 36.2 Å². The molecule has 1 fully saturated rings. The summed E-state index contributed by atoms with van der Waals surface area (Å²) >= 11 is 0. The average molecular weight is 397 g/mol. The number of hydrogen-bond acceptors (Lipinski definition) is 3. The van der Waals surface area contributed by atoms with E-state index in [1.807, 2.05) is 18.2 Å². The number of nitrogens with one attached hydrogen (secondary N) is 1. The molecule has 1 amide bonds. The molecule has 1 aromatic heterocycles. The highest BCUT2D eigenvalue weighted by Gasteiger charge is 2.49. The Morgan fingerprint density at radius 3 is 2.53 bits per heavy atom. The predicted octanol–water partition coefficient (Wildman–Crippen LogP) is -3.77. The van der Waals surface area contributed by atoms with Gasteiger partial charge in [-0.25, -0.2) is 9.36 Å². The minimum Gasteiger partial charge on any atom is -1.00 e. The number of carbonyl (C=O) groups excluding carboxylic acids is 1. The molecule has 2 rings (SSSR count). The highest BCUT2D eigenvalue weighted by Crippen LogP contribution is 2.18. The maximum Gasteiger partial charge on any atom is 0.326 e. The Morgan fingerprint density at radius 2 is 2.05 bits per heavy atom. The van der Waals surface area contributed by atoms with Crippen LogP contribution < -0.4 is 32.6 Å². The summed E-state index contributed by atoms with van der Waals surface area (Å²) in [4.78, 5) is 22.5. The molecule has 19 heavy (non-hydrogen) atoms. The van der Waals surface area contributed by atoms with Crippen LogP contribution in [0, 0.1) is 0 Å². The number of carboxylic acids is 1. The van der Waals surface area contributed by atoms with Gasteiger partial charge in [0.05, 0.1) is 0 Å². The van der Waals surface area contributed by atoms with E-state index in [0.717, 1.165) is 0 Å². The summed E-state index contributed by atoms with van der Waals surface area (Å²) in [5.41, 5.74) is 4.81. The third kappa shape index (κ3) is 3.99. The van der Waals surface area contributed by atoms with Gasteiger partial charge in [-0.1, -0.05) is 6.07 Å². The molecule has 1 saturated heterocycles. The van der Waals surface area contributed by atoms with Gasteiger partial charge >= 0.3 is 5.97 Å². The largest absolute Gasteiger partial charge is 1.00 e. The van der Waals surface area contributed by atoms with Crippen molar-refractivity contribution >= 4 is 28.9 Å². The molecule has 0 bridgehead atoms. The number of carbonyl (C=O) groups is 2. The summed E-state index contributed by atoms with van der Waals surface area (Å²) in [5.74, 6) is -1.47. The Hall–Kier alpha value is -0.990. The fourth-order valence-electron chi connectivity index (χ4n) is 1.96. The second kappa shape index (κ2) is 6.97. The number of carboxylic acid groups (broad SMARTS) is 1. The number of nitrogens with two attached hydrogens (primary N) is 1. The molecule has 0 spiro atoms. The number of aromatic nitrogens is 1. The van der Waals surface area contributed by atoms with E-state index in [0.29, 0.717) is 0 Å². The SMILES string of the molecule is Br.N[C@@]1(C[n+]2ccccc2)C[C@H](C(=O)O)NC1=O.[Br-]. The first-order valence-electron chi connectivity index (χ1n) is 5.28. The summed E-state index contributed by atoms with van der Waals surface area (Å²) in [5, 5.41) is 11.2. The van der Waals surface area contributed by atoms with E-state index in [1.54, 1.807) is 17.0 Å². The summed E-state index contributed by atoms with van der Waals surface area (Å²) < 4.78 is 1.77. The monoisotopic (exact) mass is 395 g/mol. The van der Waals surface area contributed by atoms with Crippen molar-refractivity contribution in [3.63, 3.8) is 0 Å². The fraction of sp³-hybridized carbons (Fsp3) is 0.364. The maximum absolute atomic E-state index is 11.7. The molecule has 8 heteroatoms. The maximum atomic E-state index is 11.7. The van der Waals surface area contributed by atoms with E-state index in [9.17, 15) is 9.59 Å². The number of aliphatic carboxylic acids is 1. The number of rotatable bonds is 3. The van der Waals surface area contributed by atoms with Crippen molar-refractivity contribution in [3.05, 3.63) is 30.6 Å². The normalized spacial score (nSPS) is 24.9. The van der Waals surface area contributed by atoms with Crippen LogP contribution in [0.1, 0.15) is 6.42 Å². The van der Waals surface area contributed by atoms with Crippen LogP contribution in [0.3, 0.4) is 0 Å². The quantitative estimate of drug-likeness (QED) is 0.457. The predicted molar refractivity (Wildman–Crippen MR) is 68.1 cm³/mol. The number of hydrogen-bond donors (Lipinski definition) is 3. The number of nitrogens with zero attached hydrogens (tertiary/aromatic N) is 1. The van der Waals surface area contributed by atoms with E-state index in [1.165, 1.54) is 0 Å². The zero-order chi connectivity index (χ0) is 12.5. The molecule has 1 aliphatic rings. The summed E-state index contributed by atoms with van der Waals surface area (Å²) in [6.45, 7) is 0.267. The fourth-order valence-corrected chi connectivity index (χ4v) is 1.96. The zero-order valence-electron chi connectivity index (χ0n) is 9.95. The highest BCUT2D eigenvalue weighted by atomic mass is 79.9. The first-order chi connectivity index (χ1) is 8.01. The Labute approximate surface area is 131 Å². The minimum atomic E-state index is -1.16. The number of halogens is 2. The molecular weight excluding hydrogens is 382 g/mol. The Balaban J connectivity index is 0.00000162. The first-order valence-corrected chi connectivity index (χ1v) is 5.28. The molecule has 106 valence electrons. The molecule has 6 nitrogen and oxygen atoms in total. The van der Waals surface area contributed by atoms with Crippen LogP contribution in [-0.2, 0) is 16.1 Å². The van der Waals surface area contributed by atoms with Crippen LogP contribution in [0.4, 0.5) is 0 Å². The average Bonchev–Trinajstić information content (AvgIpc) is 2.57. The topological polar surface area (TPSA) is 96.3 Å². The molecule has 1 aliphatic heterocycles. The smallest absolute Gasteiger partial charge is 0.326 e. The molecule has 0 saturated carbocycles. The van der Waals surface area contributed by atoms with E-state index < -0.39 is 23.5 Å². The van der Waals surface area contributed by atoms with Crippen molar-refractivity contribution in [2.45, 2.75) is 24.5 Å². The molecule has 0 aliphatic carbocycles. The van der Waals surface area contributed by atoms with Crippen molar-refractivity contribution in [1.82, 2.24) is 5.32 Å². The zero-order valence-corrected chi connectivity index (χ0v) is 13.3. The molecule has 0 unspecified atom stereocenters. The van der Waals surface area contributed by atoms with Gasteiger partial charge in [-0.2, -0.15) is 0 Å². The summed E-state index contributed by atoms with van der Waals surface area (Å²) in [7, 11) is 0. The van der Waals surface area contributed by atoms with E-state index in [4.69, 9.17) is 10.8 Å². The second-order valence-corrected chi connectivity index (χ2v) is 4.27. The van der Waals surface area contributed by atoms with Crippen molar-refractivity contribution in [2.75, 3.05) is 0 Å². The molecule has 2 heterocycles. The van der Waals surface area contributed by atoms with Crippen LogP contribution in [0.2, 0.25) is 0 Å². The van der Waals surface area contributed by atoms with Gasteiger partial charge in [-0.15, -0.1) is 17.0 Å². The van der Waals surface area contributed by atoms with Gasteiger partial charge in [0.1, 0.15) is 6.04 Å². The van der Waals surface area contributed by atoms with Gasteiger partial charge in [-0.3, -0.25) is 4.79 Å². The van der Waals surface area contributed by atoms with Gasteiger partial charge in [0, 0.05) is 18.6 Å². The van der Waals surface area contributed by atoms with Gasteiger partial charge in [0.2, 0.25) is 5.91 Å². The molecular formula is C11H15Br2N3O3. The lowest BCUT2D eigenvalue weighted by Gasteiger charge is -2.16. The lowest BCUT2D eigenvalue weighted by molar-refractivity contribution is -0.701. The van der Waals surface area contributed by atoms with Crippen molar-refractivity contribution in [2.24, 2.45) is 5.73 Å². The first kappa shape index (κ1) is 18.0. The molecule has 0 radical (unpaired) electrons. The number of pyridine rings is 1. The van der Waals surface area contributed by atoms with E-state index in [2.05, 4.69) is 5.32 Å². The van der Waals surface area contributed by atoms with Gasteiger partial charge < -0.3 is 33.1 Å². The van der Waals surface area contributed by atoms with Gasteiger partial charge in [-0.05, 0) is 0 Å². The van der Waals surface area contributed by atoms with Gasteiger partial charge in [0.15, 0.2) is 24.5 Å². The van der Waals surface area contributed by atoms with Crippen molar-refractivity contribution in [1.29, 1.82) is 0 Å².